The summed E-state index contributed by atoms with van der Waals surface area (Å²) >= 11 is 0. The molecule has 0 spiro atoms. The van der Waals surface area contributed by atoms with Crippen LogP contribution in [-0.2, 0) is 20.4 Å². The summed E-state index contributed by atoms with van der Waals surface area (Å²) in [5.74, 6) is 0. The van der Waals surface area contributed by atoms with E-state index in [1.807, 2.05) is 0 Å². The van der Waals surface area contributed by atoms with E-state index in [0.29, 0.717) is 0 Å². The quantitative estimate of drug-likeness (QED) is 0.151. The molecule has 0 N–H and O–H groups in total. The first-order valence-electron chi connectivity index (χ1n) is 10.5. The van der Waals surface area contributed by atoms with Gasteiger partial charge >= 0.3 is 34.9 Å². The summed E-state index contributed by atoms with van der Waals surface area (Å²) in [6.07, 6.45) is 4.48. The summed E-state index contributed by atoms with van der Waals surface area (Å²) in [5.41, 5.74) is 3.65. The third-order valence-corrected chi connectivity index (χ3v) is 10.5. The first kappa shape index (κ1) is 47.3. The molecule has 0 saturated carbocycles. The molecule has 0 heterocycles. The molecular weight excluding hydrogens is 598 g/mol. The average molecular weight is 639 g/mol. The predicted octanol–water partition coefficient (Wildman–Crippen LogP) is 9.63. The standard InChI is InChI=1S/C15H34P2.2C2H3N.2BF4.Pd/c1-12(2)16(13(3)4)10-9-11-17(14(5)6)15(7)8;2*1-2-3;2*2-1(3,4)5;/h12-15H,9-11H2,1-8H3;2*1H3;;;/q;;;2*-1;+2. The maximum atomic E-state index is 9.75. The first-order chi connectivity index (χ1) is 14.6. The Morgan fingerprint density at radius 3 is 0.765 bits per heavy atom. The maximum absolute atomic E-state index is 9.75. The Kier molecular flexibility index (Phi) is 38.5. The molecule has 0 aliphatic carbocycles. The average Bonchev–Trinajstić information content (AvgIpc) is 2.51. The van der Waals surface area contributed by atoms with E-state index in [0.717, 1.165) is 22.6 Å². The largest absolute Gasteiger partial charge is 2.00 e. The molecule has 0 fully saturated rings. The molecule has 0 radical (unpaired) electrons. The normalized spacial score (nSPS) is 10.5. The second-order valence-electron chi connectivity index (χ2n) is 7.64. The van der Waals surface area contributed by atoms with Gasteiger partial charge in [0.05, 0.1) is 12.1 Å². The van der Waals surface area contributed by atoms with Crippen LogP contribution in [0.2, 0.25) is 0 Å². The van der Waals surface area contributed by atoms with Crippen LogP contribution in [0.1, 0.15) is 75.7 Å². The Bertz CT molecular complexity index is 438. The van der Waals surface area contributed by atoms with Crippen molar-refractivity contribution in [1.82, 2.24) is 0 Å². The van der Waals surface area contributed by atoms with Gasteiger partial charge in [-0.1, -0.05) is 55.4 Å². The summed E-state index contributed by atoms with van der Waals surface area (Å²) in [4.78, 5) is 0. The zero-order chi connectivity index (χ0) is 28.0. The van der Waals surface area contributed by atoms with Gasteiger partial charge in [0.25, 0.3) is 0 Å². The molecule has 0 aliphatic heterocycles. The Morgan fingerprint density at radius 1 is 0.559 bits per heavy atom. The molecule has 0 aliphatic rings. The van der Waals surface area contributed by atoms with E-state index in [2.05, 4.69) is 55.4 Å². The van der Waals surface area contributed by atoms with Crippen molar-refractivity contribution < 1.29 is 54.9 Å². The summed E-state index contributed by atoms with van der Waals surface area (Å²) in [7, 11) is -11.5. The molecule has 0 saturated heterocycles. The van der Waals surface area contributed by atoms with Crippen LogP contribution in [0, 0.1) is 22.7 Å². The van der Waals surface area contributed by atoms with Gasteiger partial charge in [-0.2, -0.15) is 10.5 Å². The minimum Gasteiger partial charge on any atom is -0.418 e. The third kappa shape index (κ3) is 63.6. The van der Waals surface area contributed by atoms with Crippen molar-refractivity contribution in [2.75, 3.05) is 12.3 Å². The van der Waals surface area contributed by atoms with Crippen molar-refractivity contribution in [3.05, 3.63) is 0 Å². The number of rotatable bonds is 8. The minimum atomic E-state index is -6.00. The number of halogens is 8. The molecule has 0 rings (SSSR count). The van der Waals surface area contributed by atoms with E-state index >= 15 is 0 Å². The van der Waals surface area contributed by atoms with Crippen LogP contribution < -0.4 is 0 Å². The summed E-state index contributed by atoms with van der Waals surface area (Å²) < 4.78 is 78.0. The van der Waals surface area contributed by atoms with Gasteiger partial charge < -0.3 is 34.5 Å². The fraction of sp³-hybridized carbons (Fsp3) is 0.895. The molecule has 2 nitrogen and oxygen atoms in total. The van der Waals surface area contributed by atoms with E-state index in [9.17, 15) is 34.5 Å². The molecule has 0 aromatic rings. The van der Waals surface area contributed by atoms with E-state index < -0.39 is 14.5 Å². The van der Waals surface area contributed by atoms with Crippen LogP contribution >= 0.6 is 15.8 Å². The summed E-state index contributed by atoms with van der Waals surface area (Å²) in [6, 6.07) is 3.50. The van der Waals surface area contributed by atoms with Crippen LogP contribution in [0.5, 0.6) is 0 Å². The zero-order valence-corrected chi connectivity index (χ0v) is 25.1. The number of hydrogen-bond donors (Lipinski definition) is 0. The molecule has 0 bridgehead atoms. The Labute approximate surface area is 218 Å². The van der Waals surface area contributed by atoms with Gasteiger partial charge in [0.1, 0.15) is 0 Å². The molecule has 34 heavy (non-hydrogen) atoms. The van der Waals surface area contributed by atoms with Gasteiger partial charge in [-0.25, -0.2) is 0 Å². The Balaban J connectivity index is -0.0000000942. The predicted molar refractivity (Wildman–Crippen MR) is 132 cm³/mol. The van der Waals surface area contributed by atoms with Crippen molar-refractivity contribution in [3.8, 4) is 12.1 Å². The van der Waals surface area contributed by atoms with Crippen LogP contribution in [0.25, 0.3) is 0 Å². The molecule has 0 amide bonds. The van der Waals surface area contributed by atoms with Crippen molar-refractivity contribution in [1.29, 1.82) is 10.5 Å². The van der Waals surface area contributed by atoms with Crippen molar-refractivity contribution in [2.45, 2.75) is 98.3 Å². The smallest absolute Gasteiger partial charge is 0.418 e. The van der Waals surface area contributed by atoms with Crippen molar-refractivity contribution in [2.24, 2.45) is 0 Å². The fourth-order valence-electron chi connectivity index (χ4n) is 2.66. The van der Waals surface area contributed by atoms with E-state index in [1.54, 1.807) is 12.1 Å². The minimum absolute atomic E-state index is 0. The third-order valence-electron chi connectivity index (χ3n) is 3.49. The van der Waals surface area contributed by atoms with Gasteiger partial charge in [0, 0.05) is 13.8 Å². The molecule has 0 aromatic carbocycles. The number of nitriles is 2. The molecule has 208 valence electrons. The van der Waals surface area contributed by atoms with Gasteiger partial charge in [-0.15, -0.1) is 15.8 Å². The monoisotopic (exact) mass is 638 g/mol. The summed E-state index contributed by atoms with van der Waals surface area (Å²) in [5, 5.41) is 14.6. The Hall–Kier alpha value is 0.0722. The van der Waals surface area contributed by atoms with E-state index in [-0.39, 0.29) is 36.3 Å². The van der Waals surface area contributed by atoms with Crippen LogP contribution in [0.15, 0.2) is 0 Å². The number of hydrogen-bond acceptors (Lipinski definition) is 2. The SMILES string of the molecule is CC#N.CC#N.CC(C)P(CCCP(C(C)C)C(C)C)C(C)C.F[B-](F)(F)F.F[B-](F)(F)F.[Pd+2]. The fourth-order valence-corrected chi connectivity index (χ4v) is 8.41. The van der Waals surface area contributed by atoms with Crippen LogP contribution in [0.4, 0.5) is 34.5 Å². The van der Waals surface area contributed by atoms with Gasteiger partial charge in [0.15, 0.2) is 0 Å². The van der Waals surface area contributed by atoms with Crippen molar-refractivity contribution >= 4 is 30.4 Å². The van der Waals surface area contributed by atoms with Crippen molar-refractivity contribution in [3.63, 3.8) is 0 Å². The zero-order valence-electron chi connectivity index (χ0n) is 21.7. The first-order valence-corrected chi connectivity index (χ1v) is 13.8. The molecule has 0 aromatic heterocycles. The molecule has 15 heteroatoms. The van der Waals surface area contributed by atoms with Gasteiger partial charge in [0.2, 0.25) is 0 Å². The van der Waals surface area contributed by atoms with Crippen LogP contribution in [0.3, 0.4) is 0 Å². The maximum Gasteiger partial charge on any atom is 2.00 e. The van der Waals surface area contributed by atoms with E-state index in [4.69, 9.17) is 10.5 Å². The van der Waals surface area contributed by atoms with Crippen LogP contribution in [-0.4, -0.2) is 49.5 Å². The topological polar surface area (TPSA) is 47.6 Å². The van der Waals surface area contributed by atoms with E-state index in [1.165, 1.54) is 32.6 Å². The molecule has 0 atom stereocenters. The second-order valence-corrected chi connectivity index (χ2v) is 14.7. The Morgan fingerprint density at radius 2 is 0.676 bits per heavy atom. The van der Waals surface area contributed by atoms with Gasteiger partial charge in [-0.3, -0.25) is 0 Å². The second kappa shape index (κ2) is 27.7. The summed E-state index contributed by atoms with van der Waals surface area (Å²) in [6.45, 7) is 22.2. The molecular formula is C19H40B2F8N2P2Pd. The molecule has 0 unspecified atom stereocenters. The number of nitrogens with zero attached hydrogens (tertiary/aromatic N) is 2. The van der Waals surface area contributed by atoms with Gasteiger partial charge in [-0.05, 0) is 41.4 Å².